The first-order valence-corrected chi connectivity index (χ1v) is 13.6. The fourth-order valence-electron chi connectivity index (χ4n) is 4.74. The first kappa shape index (κ1) is 23.4. The molecule has 1 saturated carbocycles. The van der Waals surface area contributed by atoms with E-state index in [-0.39, 0.29) is 40.8 Å². The van der Waals surface area contributed by atoms with E-state index in [1.165, 1.54) is 10.6 Å². The Balaban J connectivity index is 1.64. The van der Waals surface area contributed by atoms with Crippen LogP contribution in [-0.4, -0.2) is 49.1 Å². The second-order valence-electron chi connectivity index (χ2n) is 8.41. The first-order chi connectivity index (χ1) is 15.5. The predicted octanol–water partition coefficient (Wildman–Crippen LogP) is 3.12. The Morgan fingerprint density at radius 2 is 1.84 bits per heavy atom. The molecule has 0 unspecified atom stereocenters. The smallest absolute Gasteiger partial charge is 0.333 e. The van der Waals surface area contributed by atoms with Crippen LogP contribution in [0.2, 0.25) is 0 Å². The molecule has 1 aliphatic carbocycles. The summed E-state index contributed by atoms with van der Waals surface area (Å²) in [7, 11) is 0. The summed E-state index contributed by atoms with van der Waals surface area (Å²) in [4.78, 5) is 43.1. The van der Waals surface area contributed by atoms with E-state index in [9.17, 15) is 18.8 Å². The molecule has 1 N–H and O–H groups in total. The van der Waals surface area contributed by atoms with Gasteiger partial charge in [0.25, 0.3) is 5.56 Å². The van der Waals surface area contributed by atoms with Crippen molar-refractivity contribution in [2.45, 2.75) is 63.6 Å². The molecule has 0 bridgehead atoms. The summed E-state index contributed by atoms with van der Waals surface area (Å²) in [6.07, 6.45) is 5.38. The van der Waals surface area contributed by atoms with Gasteiger partial charge in [-0.05, 0) is 61.8 Å². The number of thioether (sulfide) groups is 2. The maximum atomic E-state index is 14.0. The van der Waals surface area contributed by atoms with Gasteiger partial charge in [0.1, 0.15) is 11.5 Å². The van der Waals surface area contributed by atoms with Crippen LogP contribution in [0.25, 0.3) is 11.0 Å². The van der Waals surface area contributed by atoms with Crippen LogP contribution in [0.5, 0.6) is 0 Å². The Kier molecular flexibility index (Phi) is 7.60. The number of fused-ring (bicyclic) bond motifs is 1. The SMILES string of the molecule is CCSCC(=O)N[C@H]1CC[C@@H](n2c(=O)c3cc(F)cnc3n(C3CCSCC3)c2=O)CC1. The van der Waals surface area contributed by atoms with E-state index in [0.717, 1.165) is 36.3 Å². The lowest BCUT2D eigenvalue weighted by molar-refractivity contribution is -0.119. The molecule has 2 aromatic heterocycles. The van der Waals surface area contributed by atoms with Gasteiger partial charge in [0.05, 0.1) is 17.3 Å². The minimum Gasteiger partial charge on any atom is -0.353 e. The number of hydrogen-bond acceptors (Lipinski definition) is 6. The molecule has 3 heterocycles. The van der Waals surface area contributed by atoms with Gasteiger partial charge in [0.2, 0.25) is 5.91 Å². The van der Waals surface area contributed by atoms with Gasteiger partial charge < -0.3 is 5.32 Å². The quantitative estimate of drug-likeness (QED) is 0.684. The maximum Gasteiger partial charge on any atom is 0.333 e. The Labute approximate surface area is 194 Å². The lowest BCUT2D eigenvalue weighted by Gasteiger charge is -2.31. The maximum absolute atomic E-state index is 14.0. The van der Waals surface area contributed by atoms with Gasteiger partial charge in [-0.3, -0.25) is 18.7 Å². The number of nitrogens with zero attached hydrogens (tertiary/aromatic N) is 3. The number of nitrogens with one attached hydrogen (secondary N) is 1. The van der Waals surface area contributed by atoms with Gasteiger partial charge in [-0.2, -0.15) is 23.5 Å². The predicted molar refractivity (Wildman–Crippen MR) is 128 cm³/mol. The number of amides is 1. The van der Waals surface area contributed by atoms with Crippen LogP contribution in [0.4, 0.5) is 4.39 Å². The summed E-state index contributed by atoms with van der Waals surface area (Å²) < 4.78 is 16.9. The summed E-state index contributed by atoms with van der Waals surface area (Å²) >= 11 is 3.44. The zero-order valence-electron chi connectivity index (χ0n) is 18.2. The molecular formula is C22H29FN4O3S2. The lowest BCUT2D eigenvalue weighted by atomic mass is 9.91. The monoisotopic (exact) mass is 480 g/mol. The van der Waals surface area contributed by atoms with Gasteiger partial charge in [-0.25, -0.2) is 14.2 Å². The number of rotatable bonds is 6. The number of carbonyl (C=O) groups excluding carboxylic acids is 1. The number of carbonyl (C=O) groups is 1. The highest BCUT2D eigenvalue weighted by Gasteiger charge is 2.29. The topological polar surface area (TPSA) is 86.0 Å². The average Bonchev–Trinajstić information content (AvgIpc) is 2.80. The molecule has 2 fully saturated rings. The van der Waals surface area contributed by atoms with Crippen molar-refractivity contribution in [2.75, 3.05) is 23.0 Å². The van der Waals surface area contributed by atoms with Crippen LogP contribution in [0.15, 0.2) is 21.9 Å². The average molecular weight is 481 g/mol. The molecule has 1 saturated heterocycles. The minimum atomic E-state index is -0.582. The van der Waals surface area contributed by atoms with Gasteiger partial charge in [0, 0.05) is 18.1 Å². The van der Waals surface area contributed by atoms with Crippen molar-refractivity contribution in [1.82, 2.24) is 19.4 Å². The fraction of sp³-hybridized carbons (Fsp3) is 0.636. The summed E-state index contributed by atoms with van der Waals surface area (Å²) in [6.45, 7) is 2.02. The van der Waals surface area contributed by atoms with Crippen molar-refractivity contribution in [2.24, 2.45) is 0 Å². The Morgan fingerprint density at radius 1 is 1.16 bits per heavy atom. The Hall–Kier alpha value is -1.81. The molecule has 1 aliphatic heterocycles. The molecule has 174 valence electrons. The lowest BCUT2D eigenvalue weighted by Crippen LogP contribution is -2.46. The van der Waals surface area contributed by atoms with Crippen LogP contribution in [-0.2, 0) is 4.79 Å². The van der Waals surface area contributed by atoms with E-state index in [0.29, 0.717) is 31.4 Å². The molecule has 32 heavy (non-hydrogen) atoms. The van der Waals surface area contributed by atoms with Crippen molar-refractivity contribution in [3.8, 4) is 0 Å². The van der Waals surface area contributed by atoms with Gasteiger partial charge in [-0.1, -0.05) is 6.92 Å². The standard InChI is InChI=1S/C22H29FN4O3S2/c1-2-31-13-19(28)25-15-3-5-16(6-4-15)27-21(29)18-11-14(23)12-24-20(18)26(22(27)30)17-7-9-32-10-8-17/h11-12,15-17H,2-10,13H2,1H3,(H,25,28)/t15-,16+. The molecule has 0 radical (unpaired) electrons. The van der Waals surface area contributed by atoms with Gasteiger partial charge in [-0.15, -0.1) is 0 Å². The minimum absolute atomic E-state index is 0.0299. The molecular weight excluding hydrogens is 451 g/mol. The van der Waals surface area contributed by atoms with Crippen molar-refractivity contribution in [1.29, 1.82) is 0 Å². The van der Waals surface area contributed by atoms with Crippen LogP contribution >= 0.6 is 23.5 Å². The summed E-state index contributed by atoms with van der Waals surface area (Å²) in [5, 5.41) is 3.22. The molecule has 0 aromatic carbocycles. The molecule has 4 rings (SSSR count). The molecule has 0 spiro atoms. The molecule has 2 aliphatic rings. The molecule has 0 atom stereocenters. The highest BCUT2D eigenvalue weighted by Crippen LogP contribution is 2.30. The zero-order valence-corrected chi connectivity index (χ0v) is 19.9. The van der Waals surface area contributed by atoms with Gasteiger partial charge >= 0.3 is 5.69 Å². The van der Waals surface area contributed by atoms with Gasteiger partial charge in [0.15, 0.2) is 0 Å². The zero-order chi connectivity index (χ0) is 22.7. The van der Waals surface area contributed by atoms with Crippen molar-refractivity contribution in [3.63, 3.8) is 0 Å². The van der Waals surface area contributed by atoms with E-state index in [1.807, 2.05) is 18.7 Å². The van der Waals surface area contributed by atoms with Crippen LogP contribution in [0.1, 0.15) is 57.5 Å². The van der Waals surface area contributed by atoms with Crippen molar-refractivity contribution >= 4 is 40.5 Å². The Bertz CT molecular complexity index is 1090. The van der Waals surface area contributed by atoms with E-state index < -0.39 is 11.4 Å². The summed E-state index contributed by atoms with van der Waals surface area (Å²) in [5.41, 5.74) is -0.528. The van der Waals surface area contributed by atoms with Crippen LogP contribution in [0, 0.1) is 5.82 Å². The normalized spacial score (nSPS) is 22.2. The number of halogens is 1. The Morgan fingerprint density at radius 3 is 2.53 bits per heavy atom. The van der Waals surface area contributed by atoms with Crippen LogP contribution in [0.3, 0.4) is 0 Å². The van der Waals surface area contributed by atoms with Crippen LogP contribution < -0.4 is 16.6 Å². The largest absolute Gasteiger partial charge is 0.353 e. The molecule has 1 amide bonds. The fourth-order valence-corrected chi connectivity index (χ4v) is 6.30. The molecule has 10 heteroatoms. The number of aromatic nitrogens is 3. The number of pyridine rings is 1. The third kappa shape index (κ3) is 4.90. The highest BCUT2D eigenvalue weighted by atomic mass is 32.2. The third-order valence-corrected chi connectivity index (χ3v) is 8.27. The number of hydrogen-bond donors (Lipinski definition) is 1. The van der Waals surface area contributed by atoms with Crippen molar-refractivity contribution in [3.05, 3.63) is 38.9 Å². The van der Waals surface area contributed by atoms with E-state index >= 15 is 0 Å². The van der Waals surface area contributed by atoms with E-state index in [4.69, 9.17) is 0 Å². The van der Waals surface area contributed by atoms with Crippen molar-refractivity contribution < 1.29 is 9.18 Å². The second kappa shape index (κ2) is 10.4. The van der Waals surface area contributed by atoms with E-state index in [2.05, 4.69) is 10.3 Å². The molecule has 7 nitrogen and oxygen atoms in total. The summed E-state index contributed by atoms with van der Waals surface area (Å²) in [5.74, 6) is 2.68. The first-order valence-electron chi connectivity index (χ1n) is 11.3. The second-order valence-corrected chi connectivity index (χ2v) is 10.9. The molecule has 2 aromatic rings. The highest BCUT2D eigenvalue weighted by molar-refractivity contribution is 7.99. The summed E-state index contributed by atoms with van der Waals surface area (Å²) in [6, 6.07) is 0.961. The third-order valence-electron chi connectivity index (χ3n) is 6.34. The van der Waals surface area contributed by atoms with E-state index in [1.54, 1.807) is 16.3 Å².